The third kappa shape index (κ3) is 2.98. The van der Waals surface area contributed by atoms with Crippen LogP contribution in [0, 0.1) is 5.82 Å². The van der Waals surface area contributed by atoms with Gasteiger partial charge >= 0.3 is 0 Å². The summed E-state index contributed by atoms with van der Waals surface area (Å²) in [6.45, 7) is 2.89. The fraction of sp³-hybridized carbons (Fsp3) is 0.429. The average molecular weight is 261 g/mol. The number of halogens is 1. The van der Waals surface area contributed by atoms with Crippen molar-refractivity contribution < 1.29 is 8.81 Å². The summed E-state index contributed by atoms with van der Waals surface area (Å²) in [6, 6.07) is 6.08. The van der Waals surface area contributed by atoms with Gasteiger partial charge < -0.3 is 4.42 Å². The second kappa shape index (κ2) is 5.48. The standard InChI is InChI=1S/C14H16FN3O/c15-12-6-4-11(5-7-12)14-17-16-13(19-14)10-18-8-2-1-3-9-18/h4-7H,1-3,8-10H2. The molecule has 100 valence electrons. The third-order valence-electron chi connectivity index (χ3n) is 3.37. The Labute approximate surface area is 111 Å². The van der Waals surface area contributed by atoms with Gasteiger partial charge in [-0.15, -0.1) is 10.2 Å². The van der Waals surface area contributed by atoms with E-state index in [0.717, 1.165) is 18.7 Å². The maximum atomic E-state index is 12.8. The van der Waals surface area contributed by atoms with Gasteiger partial charge in [0.2, 0.25) is 11.8 Å². The van der Waals surface area contributed by atoms with E-state index in [0.29, 0.717) is 18.3 Å². The molecule has 0 saturated carbocycles. The summed E-state index contributed by atoms with van der Waals surface area (Å²) in [5.41, 5.74) is 0.749. The first-order chi connectivity index (χ1) is 9.31. The number of rotatable bonds is 3. The van der Waals surface area contributed by atoms with Gasteiger partial charge in [-0.3, -0.25) is 4.90 Å². The Morgan fingerprint density at radius 2 is 1.79 bits per heavy atom. The van der Waals surface area contributed by atoms with Crippen LogP contribution in [0.15, 0.2) is 28.7 Å². The zero-order chi connectivity index (χ0) is 13.1. The first kappa shape index (κ1) is 12.3. The summed E-state index contributed by atoms with van der Waals surface area (Å²) in [4.78, 5) is 2.32. The minimum Gasteiger partial charge on any atom is -0.419 e. The molecule has 1 aliphatic rings. The molecule has 2 heterocycles. The van der Waals surface area contributed by atoms with E-state index >= 15 is 0 Å². The van der Waals surface area contributed by atoms with Gasteiger partial charge in [0.25, 0.3) is 0 Å². The second-order valence-corrected chi connectivity index (χ2v) is 4.84. The molecule has 1 aromatic heterocycles. The third-order valence-corrected chi connectivity index (χ3v) is 3.37. The molecular weight excluding hydrogens is 245 g/mol. The van der Waals surface area contributed by atoms with Gasteiger partial charge in [0.05, 0.1) is 6.54 Å². The lowest BCUT2D eigenvalue weighted by Gasteiger charge is -2.24. The molecule has 3 rings (SSSR count). The van der Waals surface area contributed by atoms with E-state index in [1.54, 1.807) is 12.1 Å². The lowest BCUT2D eigenvalue weighted by Crippen LogP contribution is -2.29. The quantitative estimate of drug-likeness (QED) is 0.852. The van der Waals surface area contributed by atoms with Crippen molar-refractivity contribution in [2.75, 3.05) is 13.1 Å². The van der Waals surface area contributed by atoms with Crippen molar-refractivity contribution in [1.29, 1.82) is 0 Å². The van der Waals surface area contributed by atoms with Crippen LogP contribution in [0.25, 0.3) is 11.5 Å². The molecule has 19 heavy (non-hydrogen) atoms. The number of aromatic nitrogens is 2. The molecule has 0 N–H and O–H groups in total. The topological polar surface area (TPSA) is 42.2 Å². The van der Waals surface area contributed by atoms with Crippen molar-refractivity contribution in [3.63, 3.8) is 0 Å². The summed E-state index contributed by atoms with van der Waals surface area (Å²) in [7, 11) is 0. The predicted octanol–water partition coefficient (Wildman–Crippen LogP) is 2.86. The summed E-state index contributed by atoms with van der Waals surface area (Å²) in [5, 5.41) is 8.07. The Bertz CT molecular complexity index is 532. The number of piperidine rings is 1. The van der Waals surface area contributed by atoms with Crippen molar-refractivity contribution in [3.05, 3.63) is 36.0 Å². The highest BCUT2D eigenvalue weighted by atomic mass is 19.1. The van der Waals surface area contributed by atoms with Gasteiger partial charge in [-0.2, -0.15) is 0 Å². The van der Waals surface area contributed by atoms with E-state index in [1.807, 2.05) is 0 Å². The molecule has 0 unspecified atom stereocenters. The fourth-order valence-electron chi connectivity index (χ4n) is 2.34. The summed E-state index contributed by atoms with van der Waals surface area (Å²) < 4.78 is 18.5. The van der Waals surface area contributed by atoms with Crippen LogP contribution < -0.4 is 0 Å². The van der Waals surface area contributed by atoms with Gasteiger partial charge in [-0.05, 0) is 50.2 Å². The number of benzene rings is 1. The normalized spacial score (nSPS) is 16.7. The Kier molecular flexibility index (Phi) is 3.55. The summed E-state index contributed by atoms with van der Waals surface area (Å²) in [5.74, 6) is 0.810. The zero-order valence-electron chi connectivity index (χ0n) is 10.7. The van der Waals surface area contributed by atoms with E-state index in [9.17, 15) is 4.39 Å². The molecule has 0 aliphatic carbocycles. The fourth-order valence-corrected chi connectivity index (χ4v) is 2.34. The lowest BCUT2D eigenvalue weighted by molar-refractivity contribution is 0.202. The minimum atomic E-state index is -0.267. The molecule has 1 aliphatic heterocycles. The molecule has 1 fully saturated rings. The van der Waals surface area contributed by atoms with Gasteiger partial charge in [0.1, 0.15) is 5.82 Å². The molecule has 4 nitrogen and oxygen atoms in total. The van der Waals surface area contributed by atoms with Crippen LogP contribution in [-0.4, -0.2) is 28.2 Å². The van der Waals surface area contributed by atoms with Crippen LogP contribution in [0.1, 0.15) is 25.2 Å². The second-order valence-electron chi connectivity index (χ2n) is 4.84. The Balaban J connectivity index is 1.70. The smallest absolute Gasteiger partial charge is 0.247 e. The van der Waals surface area contributed by atoms with E-state index in [1.165, 1.54) is 31.4 Å². The molecule has 2 aromatic rings. The Morgan fingerprint density at radius 1 is 1.05 bits per heavy atom. The average Bonchev–Trinajstić information content (AvgIpc) is 2.89. The van der Waals surface area contributed by atoms with Crippen LogP contribution in [0.5, 0.6) is 0 Å². The SMILES string of the molecule is Fc1ccc(-c2nnc(CN3CCCCC3)o2)cc1. The van der Waals surface area contributed by atoms with Crippen molar-refractivity contribution in [2.24, 2.45) is 0 Å². The number of likely N-dealkylation sites (tertiary alicyclic amines) is 1. The van der Waals surface area contributed by atoms with Crippen LogP contribution in [-0.2, 0) is 6.54 Å². The van der Waals surface area contributed by atoms with Crippen LogP contribution in [0.4, 0.5) is 4.39 Å². The maximum Gasteiger partial charge on any atom is 0.247 e. The highest BCUT2D eigenvalue weighted by Gasteiger charge is 2.15. The molecule has 1 saturated heterocycles. The first-order valence-electron chi connectivity index (χ1n) is 6.62. The van der Waals surface area contributed by atoms with Gasteiger partial charge in [0.15, 0.2) is 0 Å². The molecule has 0 amide bonds. The Morgan fingerprint density at radius 3 is 2.53 bits per heavy atom. The minimum absolute atomic E-state index is 0.267. The highest BCUT2D eigenvalue weighted by Crippen LogP contribution is 2.19. The van der Waals surface area contributed by atoms with Crippen molar-refractivity contribution >= 4 is 0 Å². The molecule has 1 aromatic carbocycles. The summed E-state index contributed by atoms with van der Waals surface area (Å²) in [6.07, 6.45) is 3.78. The van der Waals surface area contributed by atoms with Crippen LogP contribution >= 0.6 is 0 Å². The zero-order valence-corrected chi connectivity index (χ0v) is 10.7. The monoisotopic (exact) mass is 261 g/mol. The Hall–Kier alpha value is -1.75. The van der Waals surface area contributed by atoms with Crippen molar-refractivity contribution in [1.82, 2.24) is 15.1 Å². The van der Waals surface area contributed by atoms with Crippen molar-refractivity contribution in [2.45, 2.75) is 25.8 Å². The highest BCUT2D eigenvalue weighted by molar-refractivity contribution is 5.51. The van der Waals surface area contributed by atoms with E-state index in [4.69, 9.17) is 4.42 Å². The first-order valence-corrected chi connectivity index (χ1v) is 6.62. The number of hydrogen-bond donors (Lipinski definition) is 0. The van der Waals surface area contributed by atoms with E-state index in [2.05, 4.69) is 15.1 Å². The van der Waals surface area contributed by atoms with Gasteiger partial charge in [-0.1, -0.05) is 6.42 Å². The molecule has 0 bridgehead atoms. The number of hydrogen-bond acceptors (Lipinski definition) is 4. The molecular formula is C14H16FN3O. The lowest BCUT2D eigenvalue weighted by atomic mass is 10.1. The van der Waals surface area contributed by atoms with E-state index in [-0.39, 0.29) is 5.82 Å². The number of nitrogens with zero attached hydrogens (tertiary/aromatic N) is 3. The predicted molar refractivity (Wildman–Crippen MR) is 68.8 cm³/mol. The van der Waals surface area contributed by atoms with Gasteiger partial charge in [-0.25, -0.2) is 4.39 Å². The van der Waals surface area contributed by atoms with Crippen LogP contribution in [0.2, 0.25) is 0 Å². The summed E-state index contributed by atoms with van der Waals surface area (Å²) >= 11 is 0. The van der Waals surface area contributed by atoms with Crippen LogP contribution in [0.3, 0.4) is 0 Å². The molecule has 0 atom stereocenters. The van der Waals surface area contributed by atoms with Gasteiger partial charge in [0, 0.05) is 5.56 Å². The van der Waals surface area contributed by atoms with E-state index < -0.39 is 0 Å². The molecule has 0 radical (unpaired) electrons. The molecule has 5 heteroatoms. The van der Waals surface area contributed by atoms with Crippen molar-refractivity contribution in [3.8, 4) is 11.5 Å². The largest absolute Gasteiger partial charge is 0.419 e. The molecule has 0 spiro atoms. The maximum absolute atomic E-state index is 12.8.